The number of aromatic nitrogens is 2. The first-order chi connectivity index (χ1) is 12.3. The van der Waals surface area contributed by atoms with Crippen LogP contribution in [0.2, 0.25) is 0 Å². The Bertz CT molecular complexity index is 1040. The first-order valence-electron chi connectivity index (χ1n) is 7.82. The lowest BCUT2D eigenvalue weighted by Crippen LogP contribution is -2.08. The molecule has 1 aromatic heterocycles. The average Bonchev–Trinajstić information content (AvgIpc) is 3.02. The largest absolute Gasteiger partial charge is 0.496 e. The van der Waals surface area contributed by atoms with Crippen LogP contribution in [0.1, 0.15) is 0 Å². The third-order valence-corrected chi connectivity index (χ3v) is 3.94. The Balaban J connectivity index is 1.89. The highest BCUT2D eigenvalue weighted by Gasteiger charge is 2.17. The summed E-state index contributed by atoms with van der Waals surface area (Å²) in [6.07, 6.45) is 0. The second-order valence-electron chi connectivity index (χ2n) is 5.46. The molecule has 0 aliphatic carbocycles. The minimum absolute atomic E-state index is 0.113. The molecule has 0 bridgehead atoms. The Hall–Kier alpha value is -3.34. The highest BCUT2D eigenvalue weighted by molar-refractivity contribution is 5.94. The summed E-state index contributed by atoms with van der Waals surface area (Å²) in [5, 5.41) is 5.44. The number of para-hydroxylation sites is 3. The van der Waals surface area contributed by atoms with Crippen LogP contribution in [0.3, 0.4) is 0 Å². The Labute approximate surface area is 144 Å². The molecular weight excluding hydrogens is 319 g/mol. The quantitative estimate of drug-likeness (QED) is 0.543. The van der Waals surface area contributed by atoms with E-state index in [1.165, 1.54) is 10.9 Å². The predicted octanol–water partition coefficient (Wildman–Crippen LogP) is 4.69. The van der Waals surface area contributed by atoms with Crippen LogP contribution < -0.4 is 9.57 Å². The van der Waals surface area contributed by atoms with Gasteiger partial charge in [-0.1, -0.05) is 47.3 Å². The van der Waals surface area contributed by atoms with E-state index in [1.54, 1.807) is 25.3 Å². The third-order valence-electron chi connectivity index (χ3n) is 3.94. The summed E-state index contributed by atoms with van der Waals surface area (Å²) >= 11 is 0. The zero-order valence-electron chi connectivity index (χ0n) is 13.5. The summed E-state index contributed by atoms with van der Waals surface area (Å²) in [7, 11) is 1.62. The molecular formula is C20H15FN2O2. The summed E-state index contributed by atoms with van der Waals surface area (Å²) in [4.78, 5) is 7.03. The molecule has 0 aliphatic rings. The lowest BCUT2D eigenvalue weighted by Gasteiger charge is -2.07. The number of hydrogen-bond acceptors (Lipinski definition) is 3. The smallest absolute Gasteiger partial charge is 0.193 e. The molecule has 4 nitrogen and oxygen atoms in total. The van der Waals surface area contributed by atoms with Crippen LogP contribution in [-0.4, -0.2) is 17.1 Å². The van der Waals surface area contributed by atoms with Crippen LogP contribution in [0, 0.1) is 5.82 Å². The van der Waals surface area contributed by atoms with E-state index in [1.807, 2.05) is 48.5 Å². The maximum absolute atomic E-state index is 13.9. The van der Waals surface area contributed by atoms with Crippen LogP contribution in [0.15, 0.2) is 72.8 Å². The first kappa shape index (κ1) is 15.2. The molecule has 0 aliphatic heterocycles. The highest BCUT2D eigenvalue weighted by atomic mass is 19.1. The Morgan fingerprint density at radius 2 is 1.52 bits per heavy atom. The molecule has 0 spiro atoms. The van der Waals surface area contributed by atoms with Crippen molar-refractivity contribution >= 4 is 10.9 Å². The van der Waals surface area contributed by atoms with Crippen molar-refractivity contribution in [3.05, 3.63) is 78.6 Å². The van der Waals surface area contributed by atoms with Crippen LogP contribution in [0.25, 0.3) is 22.2 Å². The summed E-state index contributed by atoms with van der Waals surface area (Å²) in [5.41, 5.74) is 2.30. The number of nitrogens with zero attached hydrogens (tertiary/aromatic N) is 2. The van der Waals surface area contributed by atoms with E-state index in [-0.39, 0.29) is 5.75 Å². The van der Waals surface area contributed by atoms with Crippen LogP contribution >= 0.6 is 0 Å². The standard InChI is InChI=1S/C20H15FN2O2/c1-24-18-12-6-3-9-15(18)20-14-8-2-5-11-17(14)23(22-20)25-19-13-7-4-10-16(19)21/h2-13H,1H3. The normalized spacial score (nSPS) is 10.8. The summed E-state index contributed by atoms with van der Waals surface area (Å²) in [6.45, 7) is 0. The molecule has 5 heteroatoms. The zero-order chi connectivity index (χ0) is 17.2. The number of rotatable bonds is 4. The van der Waals surface area contributed by atoms with Gasteiger partial charge in [0, 0.05) is 10.9 Å². The number of ether oxygens (including phenoxy) is 1. The van der Waals surface area contributed by atoms with E-state index >= 15 is 0 Å². The molecule has 124 valence electrons. The van der Waals surface area contributed by atoms with E-state index in [2.05, 4.69) is 5.10 Å². The van der Waals surface area contributed by atoms with E-state index in [0.29, 0.717) is 11.4 Å². The number of benzene rings is 3. The van der Waals surface area contributed by atoms with Crippen molar-refractivity contribution in [2.24, 2.45) is 0 Å². The first-order valence-corrected chi connectivity index (χ1v) is 7.82. The van der Waals surface area contributed by atoms with Gasteiger partial charge in [0.25, 0.3) is 0 Å². The zero-order valence-corrected chi connectivity index (χ0v) is 13.5. The van der Waals surface area contributed by atoms with Gasteiger partial charge in [-0.05, 0) is 30.3 Å². The Kier molecular flexibility index (Phi) is 3.82. The molecule has 0 fully saturated rings. The van der Waals surface area contributed by atoms with Gasteiger partial charge < -0.3 is 9.57 Å². The van der Waals surface area contributed by atoms with E-state index in [4.69, 9.17) is 9.57 Å². The van der Waals surface area contributed by atoms with Gasteiger partial charge in [-0.25, -0.2) is 4.39 Å². The SMILES string of the molecule is COc1ccccc1-c1nn(Oc2ccccc2F)c2ccccc12. The molecule has 0 atom stereocenters. The van der Waals surface area contributed by atoms with Crippen molar-refractivity contribution in [3.63, 3.8) is 0 Å². The molecule has 25 heavy (non-hydrogen) atoms. The second-order valence-corrected chi connectivity index (χ2v) is 5.46. The van der Waals surface area contributed by atoms with Gasteiger partial charge in [-0.15, -0.1) is 5.10 Å². The van der Waals surface area contributed by atoms with Crippen LogP contribution in [0.5, 0.6) is 11.5 Å². The van der Waals surface area contributed by atoms with Crippen LogP contribution in [0.4, 0.5) is 4.39 Å². The molecule has 0 unspecified atom stereocenters. The van der Waals surface area contributed by atoms with Gasteiger partial charge in [-0.2, -0.15) is 0 Å². The fraction of sp³-hybridized carbons (Fsp3) is 0.0500. The summed E-state index contributed by atoms with van der Waals surface area (Å²) in [5.74, 6) is 0.382. The Morgan fingerprint density at radius 1 is 0.840 bits per heavy atom. The second kappa shape index (κ2) is 6.28. The molecule has 0 amide bonds. The molecule has 1 heterocycles. The third kappa shape index (κ3) is 2.70. The average molecular weight is 334 g/mol. The Morgan fingerprint density at radius 3 is 2.32 bits per heavy atom. The highest BCUT2D eigenvalue weighted by Crippen LogP contribution is 2.34. The fourth-order valence-corrected chi connectivity index (χ4v) is 2.76. The van der Waals surface area contributed by atoms with Gasteiger partial charge >= 0.3 is 0 Å². The number of methoxy groups -OCH3 is 1. The van der Waals surface area contributed by atoms with Gasteiger partial charge in [0.1, 0.15) is 17.0 Å². The minimum atomic E-state index is -0.444. The molecule has 3 aromatic carbocycles. The van der Waals surface area contributed by atoms with E-state index < -0.39 is 5.82 Å². The molecule has 0 radical (unpaired) electrons. The molecule has 0 saturated heterocycles. The topological polar surface area (TPSA) is 36.3 Å². The molecule has 0 saturated carbocycles. The maximum atomic E-state index is 13.9. The van der Waals surface area contributed by atoms with E-state index in [0.717, 1.165) is 16.5 Å². The van der Waals surface area contributed by atoms with Gasteiger partial charge in [0.15, 0.2) is 11.6 Å². The van der Waals surface area contributed by atoms with Gasteiger partial charge in [-0.3, -0.25) is 0 Å². The monoisotopic (exact) mass is 334 g/mol. The van der Waals surface area contributed by atoms with Gasteiger partial charge in [0.05, 0.1) is 7.11 Å². The molecule has 4 aromatic rings. The number of halogens is 1. The number of fused-ring (bicyclic) bond motifs is 1. The van der Waals surface area contributed by atoms with Crippen molar-refractivity contribution in [1.82, 2.24) is 9.94 Å². The molecule has 0 N–H and O–H groups in total. The van der Waals surface area contributed by atoms with E-state index in [9.17, 15) is 4.39 Å². The van der Waals surface area contributed by atoms with Crippen molar-refractivity contribution in [1.29, 1.82) is 0 Å². The van der Waals surface area contributed by atoms with Crippen molar-refractivity contribution in [3.8, 4) is 22.8 Å². The summed E-state index contributed by atoms with van der Waals surface area (Å²) in [6, 6.07) is 21.5. The van der Waals surface area contributed by atoms with Crippen molar-refractivity contribution in [2.75, 3.05) is 7.11 Å². The lowest BCUT2D eigenvalue weighted by atomic mass is 10.1. The minimum Gasteiger partial charge on any atom is -0.496 e. The maximum Gasteiger partial charge on any atom is 0.193 e. The summed E-state index contributed by atoms with van der Waals surface area (Å²) < 4.78 is 19.4. The van der Waals surface area contributed by atoms with Crippen molar-refractivity contribution in [2.45, 2.75) is 0 Å². The molecule has 4 rings (SSSR count). The fourth-order valence-electron chi connectivity index (χ4n) is 2.76. The van der Waals surface area contributed by atoms with Crippen molar-refractivity contribution < 1.29 is 14.0 Å². The van der Waals surface area contributed by atoms with Crippen LogP contribution in [-0.2, 0) is 0 Å². The predicted molar refractivity (Wildman–Crippen MR) is 94.1 cm³/mol. The number of hydrogen-bond donors (Lipinski definition) is 0. The lowest BCUT2D eigenvalue weighted by molar-refractivity contribution is 0.182. The van der Waals surface area contributed by atoms with Gasteiger partial charge in [0.2, 0.25) is 0 Å².